The average Bonchev–Trinajstić information content (AvgIpc) is 2.51. The molecule has 0 aliphatic carbocycles. The van der Waals surface area contributed by atoms with Crippen molar-refractivity contribution in [3.05, 3.63) is 29.8 Å². The number of para-hydroxylation sites is 1. The minimum absolute atomic E-state index is 0.0248. The number of rotatable bonds is 11. The highest BCUT2D eigenvalue weighted by Crippen LogP contribution is 2.18. The zero-order valence-corrected chi connectivity index (χ0v) is 12.5. The third kappa shape index (κ3) is 6.90. The van der Waals surface area contributed by atoms with Crippen LogP contribution in [-0.4, -0.2) is 36.9 Å². The van der Waals surface area contributed by atoms with E-state index in [1.54, 1.807) is 18.2 Å². The Morgan fingerprint density at radius 2 is 2.14 bits per heavy atom. The predicted octanol–water partition coefficient (Wildman–Crippen LogP) is 2.40. The van der Waals surface area contributed by atoms with Gasteiger partial charge in [-0.3, -0.25) is 4.79 Å². The van der Waals surface area contributed by atoms with Gasteiger partial charge < -0.3 is 15.3 Å². The molecular weight excluding hydrogens is 268 g/mol. The summed E-state index contributed by atoms with van der Waals surface area (Å²) in [6.45, 7) is 3.07. The van der Waals surface area contributed by atoms with Crippen molar-refractivity contribution in [3.63, 3.8) is 0 Å². The summed E-state index contributed by atoms with van der Waals surface area (Å²) in [5.41, 5.74) is 3.08. The summed E-state index contributed by atoms with van der Waals surface area (Å²) in [6, 6.07) is 7.16. The lowest BCUT2D eigenvalue weighted by Crippen LogP contribution is -2.13. The first-order valence-electron chi connectivity index (χ1n) is 7.42. The maximum absolute atomic E-state index is 12.0. The summed E-state index contributed by atoms with van der Waals surface area (Å²) >= 11 is 0. The molecule has 21 heavy (non-hydrogen) atoms. The Labute approximate surface area is 126 Å². The summed E-state index contributed by atoms with van der Waals surface area (Å²) in [6.07, 6.45) is 5.72. The summed E-state index contributed by atoms with van der Waals surface area (Å²) in [7, 11) is 0. The summed E-state index contributed by atoms with van der Waals surface area (Å²) in [5, 5.41) is 12.4. The standard InChI is InChI=1S/C16H24N2O3/c1-2-3-4-7-12-21-16-9-6-5-8-14(16)15(20)13-18-17-10-11-19/h5-6,8-9,13,17,19H,2-4,7,10-12H2,1H3/b18-13+. The molecule has 0 aliphatic heterocycles. The summed E-state index contributed by atoms with van der Waals surface area (Å²) in [5.74, 6) is 0.372. The Bertz CT molecular complexity index is 447. The summed E-state index contributed by atoms with van der Waals surface area (Å²) in [4.78, 5) is 12.0. The molecule has 1 aromatic rings. The molecular formula is C16H24N2O3. The number of Topliss-reactive ketones (excluding diaryl/α,β-unsaturated/α-hetero) is 1. The first-order chi connectivity index (χ1) is 10.3. The molecule has 0 saturated heterocycles. The van der Waals surface area contributed by atoms with E-state index in [0.29, 0.717) is 24.5 Å². The number of carbonyl (C=O) groups is 1. The van der Waals surface area contributed by atoms with Gasteiger partial charge in [0.1, 0.15) is 5.75 Å². The molecule has 116 valence electrons. The second-order valence-electron chi connectivity index (χ2n) is 4.66. The van der Waals surface area contributed by atoms with Crippen LogP contribution in [0.2, 0.25) is 0 Å². The first kappa shape index (κ1) is 17.2. The van der Waals surface area contributed by atoms with Crippen molar-refractivity contribution in [1.82, 2.24) is 5.43 Å². The Morgan fingerprint density at radius 1 is 1.33 bits per heavy atom. The molecule has 0 spiro atoms. The zero-order valence-electron chi connectivity index (χ0n) is 12.5. The number of aliphatic hydroxyl groups is 1. The van der Waals surface area contributed by atoms with E-state index >= 15 is 0 Å². The third-order valence-corrected chi connectivity index (χ3v) is 2.90. The van der Waals surface area contributed by atoms with Crippen molar-refractivity contribution < 1.29 is 14.6 Å². The van der Waals surface area contributed by atoms with Crippen LogP contribution in [-0.2, 0) is 0 Å². The van der Waals surface area contributed by atoms with E-state index in [-0.39, 0.29) is 12.4 Å². The van der Waals surface area contributed by atoms with Crippen molar-refractivity contribution in [2.75, 3.05) is 19.8 Å². The fourth-order valence-electron chi connectivity index (χ4n) is 1.80. The number of ether oxygens (including phenoxy) is 1. The molecule has 0 atom stereocenters. The average molecular weight is 292 g/mol. The van der Waals surface area contributed by atoms with Crippen LogP contribution < -0.4 is 10.2 Å². The first-order valence-corrected chi connectivity index (χ1v) is 7.42. The minimum atomic E-state index is -0.218. The van der Waals surface area contributed by atoms with Crippen LogP contribution in [0.3, 0.4) is 0 Å². The number of hydrogen-bond acceptors (Lipinski definition) is 5. The van der Waals surface area contributed by atoms with Gasteiger partial charge in [-0.2, -0.15) is 5.10 Å². The van der Waals surface area contributed by atoms with Crippen molar-refractivity contribution in [3.8, 4) is 5.75 Å². The Hall–Kier alpha value is -1.88. The number of hydrazone groups is 1. The molecule has 0 aliphatic rings. The van der Waals surface area contributed by atoms with E-state index in [2.05, 4.69) is 17.5 Å². The normalized spacial score (nSPS) is 10.8. The van der Waals surface area contributed by atoms with E-state index in [4.69, 9.17) is 9.84 Å². The van der Waals surface area contributed by atoms with Crippen LogP contribution in [0, 0.1) is 0 Å². The number of benzene rings is 1. The topological polar surface area (TPSA) is 70.9 Å². The number of ketones is 1. The fraction of sp³-hybridized carbons (Fsp3) is 0.500. The molecule has 0 heterocycles. The molecule has 1 aromatic carbocycles. The molecule has 0 bridgehead atoms. The predicted molar refractivity (Wildman–Crippen MR) is 84.0 cm³/mol. The second-order valence-corrected chi connectivity index (χ2v) is 4.66. The quantitative estimate of drug-likeness (QED) is 0.284. The Balaban J connectivity index is 2.53. The van der Waals surface area contributed by atoms with Gasteiger partial charge in [-0.15, -0.1) is 0 Å². The number of nitrogens with one attached hydrogen (secondary N) is 1. The molecule has 0 aromatic heterocycles. The molecule has 0 amide bonds. The number of unbranched alkanes of at least 4 members (excludes halogenated alkanes) is 3. The minimum Gasteiger partial charge on any atom is -0.493 e. The molecule has 0 fully saturated rings. The maximum Gasteiger partial charge on any atom is 0.209 e. The third-order valence-electron chi connectivity index (χ3n) is 2.90. The van der Waals surface area contributed by atoms with Crippen LogP contribution in [0.15, 0.2) is 29.4 Å². The molecule has 0 unspecified atom stereocenters. The lowest BCUT2D eigenvalue weighted by molar-refractivity contribution is 0.106. The fourth-order valence-corrected chi connectivity index (χ4v) is 1.80. The Morgan fingerprint density at radius 3 is 2.90 bits per heavy atom. The maximum atomic E-state index is 12.0. The SMILES string of the molecule is CCCCCCOc1ccccc1C(=O)/C=N/NCCO. The van der Waals surface area contributed by atoms with Gasteiger partial charge in [-0.05, 0) is 18.6 Å². The van der Waals surface area contributed by atoms with Gasteiger partial charge in [-0.1, -0.05) is 38.3 Å². The lowest BCUT2D eigenvalue weighted by Gasteiger charge is -2.09. The van der Waals surface area contributed by atoms with Crippen molar-refractivity contribution >= 4 is 12.0 Å². The van der Waals surface area contributed by atoms with Crippen molar-refractivity contribution in [2.45, 2.75) is 32.6 Å². The molecule has 5 heteroatoms. The largest absolute Gasteiger partial charge is 0.493 e. The highest BCUT2D eigenvalue weighted by Gasteiger charge is 2.09. The zero-order chi connectivity index (χ0) is 15.3. The van der Waals surface area contributed by atoms with Gasteiger partial charge in [0.15, 0.2) is 0 Å². The highest BCUT2D eigenvalue weighted by atomic mass is 16.5. The monoisotopic (exact) mass is 292 g/mol. The smallest absolute Gasteiger partial charge is 0.209 e. The van der Waals surface area contributed by atoms with E-state index in [1.807, 2.05) is 6.07 Å². The van der Waals surface area contributed by atoms with Gasteiger partial charge in [0.2, 0.25) is 5.78 Å². The summed E-state index contributed by atoms with van der Waals surface area (Å²) < 4.78 is 5.69. The van der Waals surface area contributed by atoms with Crippen LogP contribution in [0.25, 0.3) is 0 Å². The van der Waals surface area contributed by atoms with E-state index in [9.17, 15) is 4.79 Å². The highest BCUT2D eigenvalue weighted by molar-refractivity contribution is 6.36. The number of carbonyl (C=O) groups excluding carboxylic acids is 1. The van der Waals surface area contributed by atoms with E-state index in [0.717, 1.165) is 12.8 Å². The van der Waals surface area contributed by atoms with Crippen molar-refractivity contribution in [2.24, 2.45) is 5.10 Å². The van der Waals surface area contributed by atoms with Gasteiger partial charge in [0.25, 0.3) is 0 Å². The van der Waals surface area contributed by atoms with E-state index in [1.165, 1.54) is 19.1 Å². The van der Waals surface area contributed by atoms with Crippen LogP contribution >= 0.6 is 0 Å². The van der Waals surface area contributed by atoms with Gasteiger partial charge in [0.05, 0.1) is 31.5 Å². The second kappa shape index (κ2) is 10.9. The number of hydrogen-bond donors (Lipinski definition) is 2. The molecule has 5 nitrogen and oxygen atoms in total. The van der Waals surface area contributed by atoms with Gasteiger partial charge >= 0.3 is 0 Å². The lowest BCUT2D eigenvalue weighted by atomic mass is 10.1. The van der Waals surface area contributed by atoms with Gasteiger partial charge in [-0.25, -0.2) is 0 Å². The van der Waals surface area contributed by atoms with Crippen LogP contribution in [0.1, 0.15) is 43.0 Å². The molecule has 0 saturated carbocycles. The molecule has 2 N–H and O–H groups in total. The number of nitrogens with zero attached hydrogens (tertiary/aromatic N) is 1. The van der Waals surface area contributed by atoms with Gasteiger partial charge in [0, 0.05) is 0 Å². The van der Waals surface area contributed by atoms with E-state index < -0.39 is 0 Å². The molecule has 0 radical (unpaired) electrons. The van der Waals surface area contributed by atoms with Crippen molar-refractivity contribution in [1.29, 1.82) is 0 Å². The van der Waals surface area contributed by atoms with Crippen LogP contribution in [0.5, 0.6) is 5.75 Å². The number of aliphatic hydroxyl groups excluding tert-OH is 1. The molecule has 1 rings (SSSR count). The Kier molecular flexibility index (Phi) is 8.88. The van der Waals surface area contributed by atoms with Crippen LogP contribution in [0.4, 0.5) is 0 Å².